The number of ether oxygens (including phenoxy) is 3. The SMILES string of the molecule is COC(=O)C1=C(c2ccc(C(C)=O)cc2)C[C@@H]2CC[C@H]1N2C(=O)NCc1ccc2c(c1)OCO2. The fourth-order valence-electron chi connectivity index (χ4n) is 5.09. The summed E-state index contributed by atoms with van der Waals surface area (Å²) in [6.45, 7) is 2.06. The second-order valence-electron chi connectivity index (χ2n) is 8.72. The molecule has 8 nitrogen and oxygen atoms in total. The Morgan fingerprint density at radius 1 is 1.06 bits per heavy atom. The van der Waals surface area contributed by atoms with Gasteiger partial charge in [-0.15, -0.1) is 0 Å². The molecule has 3 heterocycles. The summed E-state index contributed by atoms with van der Waals surface area (Å²) >= 11 is 0. The van der Waals surface area contributed by atoms with Crippen molar-refractivity contribution in [2.24, 2.45) is 0 Å². The molecule has 0 spiro atoms. The molecule has 3 aliphatic heterocycles. The van der Waals surface area contributed by atoms with Gasteiger partial charge in [-0.2, -0.15) is 0 Å². The van der Waals surface area contributed by atoms with Gasteiger partial charge >= 0.3 is 12.0 Å². The highest BCUT2D eigenvalue weighted by molar-refractivity contribution is 6.01. The first kappa shape index (κ1) is 22.0. The number of nitrogens with one attached hydrogen (secondary N) is 1. The number of carbonyl (C=O) groups is 3. The first-order valence-corrected chi connectivity index (χ1v) is 11.3. The van der Waals surface area contributed by atoms with E-state index in [1.165, 1.54) is 14.0 Å². The van der Waals surface area contributed by atoms with Crippen molar-refractivity contribution >= 4 is 23.4 Å². The van der Waals surface area contributed by atoms with E-state index in [4.69, 9.17) is 14.2 Å². The van der Waals surface area contributed by atoms with E-state index in [-0.39, 0.29) is 30.7 Å². The second-order valence-corrected chi connectivity index (χ2v) is 8.72. The predicted molar refractivity (Wildman–Crippen MR) is 123 cm³/mol. The van der Waals surface area contributed by atoms with Gasteiger partial charge in [0.25, 0.3) is 0 Å². The van der Waals surface area contributed by atoms with Gasteiger partial charge in [-0.1, -0.05) is 30.3 Å². The first-order chi connectivity index (χ1) is 16.5. The number of benzene rings is 2. The van der Waals surface area contributed by atoms with Crippen molar-refractivity contribution in [3.8, 4) is 11.5 Å². The molecule has 0 radical (unpaired) electrons. The molecule has 176 valence electrons. The second kappa shape index (κ2) is 8.85. The van der Waals surface area contributed by atoms with Gasteiger partial charge in [-0.25, -0.2) is 9.59 Å². The number of hydrogen-bond acceptors (Lipinski definition) is 6. The molecule has 1 N–H and O–H groups in total. The summed E-state index contributed by atoms with van der Waals surface area (Å²) in [5, 5.41) is 2.99. The Morgan fingerprint density at radius 3 is 2.56 bits per heavy atom. The van der Waals surface area contributed by atoms with Crippen LogP contribution in [0.15, 0.2) is 48.0 Å². The van der Waals surface area contributed by atoms with Crippen molar-refractivity contribution in [1.82, 2.24) is 10.2 Å². The number of Topliss-reactive ketones (excluding diaryl/α,β-unsaturated/α-hetero) is 1. The predicted octanol–water partition coefficient (Wildman–Crippen LogP) is 3.69. The molecule has 2 aromatic carbocycles. The maximum Gasteiger partial charge on any atom is 0.336 e. The van der Waals surface area contributed by atoms with E-state index in [2.05, 4.69) is 5.32 Å². The number of carbonyl (C=O) groups excluding carboxylic acids is 3. The number of fused-ring (bicyclic) bond motifs is 3. The van der Waals surface area contributed by atoms with E-state index in [1.54, 1.807) is 17.0 Å². The molecule has 0 unspecified atom stereocenters. The third-order valence-electron chi connectivity index (χ3n) is 6.76. The molecular weight excluding hydrogens is 436 g/mol. The minimum absolute atomic E-state index is 0.0114. The summed E-state index contributed by atoms with van der Waals surface area (Å²) in [6.07, 6.45) is 2.05. The van der Waals surface area contributed by atoms with Crippen molar-refractivity contribution in [3.05, 3.63) is 64.7 Å². The zero-order valence-corrected chi connectivity index (χ0v) is 19.1. The van der Waals surface area contributed by atoms with Gasteiger partial charge in [0.1, 0.15) is 0 Å². The van der Waals surface area contributed by atoms with Crippen molar-refractivity contribution in [2.75, 3.05) is 13.9 Å². The Kier molecular flexibility index (Phi) is 5.73. The highest BCUT2D eigenvalue weighted by Crippen LogP contribution is 2.43. The highest BCUT2D eigenvalue weighted by Gasteiger charge is 2.46. The van der Waals surface area contributed by atoms with Crippen LogP contribution in [0.3, 0.4) is 0 Å². The van der Waals surface area contributed by atoms with E-state index in [1.807, 2.05) is 30.3 Å². The summed E-state index contributed by atoms with van der Waals surface area (Å²) in [5.74, 6) is 0.925. The normalized spacial score (nSPS) is 20.4. The standard InChI is InChI=1S/C26H26N2O6/c1-15(29)17-4-6-18(7-5-17)20-12-19-8-9-21(24(20)25(30)32-2)28(19)26(31)27-13-16-3-10-22-23(11-16)34-14-33-22/h3-7,10-11,19,21H,8-9,12-14H2,1-2H3,(H,27,31)/t19-,21+/m0/s1. The van der Waals surface area contributed by atoms with Crippen molar-refractivity contribution in [3.63, 3.8) is 0 Å². The Morgan fingerprint density at radius 2 is 1.82 bits per heavy atom. The molecule has 2 atom stereocenters. The number of nitrogens with zero attached hydrogens (tertiary/aromatic N) is 1. The molecule has 1 fully saturated rings. The van der Waals surface area contributed by atoms with Crippen LogP contribution in [0.5, 0.6) is 11.5 Å². The fourth-order valence-corrected chi connectivity index (χ4v) is 5.09. The topological polar surface area (TPSA) is 94.2 Å². The number of urea groups is 1. The highest BCUT2D eigenvalue weighted by atomic mass is 16.7. The zero-order valence-electron chi connectivity index (χ0n) is 19.1. The molecule has 1 saturated heterocycles. The fraction of sp³-hybridized carbons (Fsp3) is 0.346. The molecular formula is C26H26N2O6. The summed E-state index contributed by atoms with van der Waals surface area (Å²) in [7, 11) is 1.36. The van der Waals surface area contributed by atoms with Crippen LogP contribution in [0.4, 0.5) is 4.79 Å². The van der Waals surface area contributed by atoms with Crippen molar-refractivity contribution in [2.45, 2.75) is 44.8 Å². The molecule has 34 heavy (non-hydrogen) atoms. The van der Waals surface area contributed by atoms with Gasteiger partial charge < -0.3 is 24.4 Å². The lowest BCUT2D eigenvalue weighted by atomic mass is 9.88. The molecule has 2 bridgehead atoms. The quantitative estimate of drug-likeness (QED) is 0.538. The summed E-state index contributed by atoms with van der Waals surface area (Å²) in [5.41, 5.74) is 3.80. The van der Waals surface area contributed by atoms with E-state index in [9.17, 15) is 14.4 Å². The van der Waals surface area contributed by atoms with Crippen LogP contribution in [0.2, 0.25) is 0 Å². The van der Waals surface area contributed by atoms with Gasteiger partial charge in [-0.3, -0.25) is 4.79 Å². The van der Waals surface area contributed by atoms with Crippen LogP contribution in [0.1, 0.15) is 47.7 Å². The smallest absolute Gasteiger partial charge is 0.336 e. The van der Waals surface area contributed by atoms with E-state index >= 15 is 0 Å². The van der Waals surface area contributed by atoms with Crippen molar-refractivity contribution < 1.29 is 28.6 Å². The lowest BCUT2D eigenvalue weighted by molar-refractivity contribution is -0.136. The van der Waals surface area contributed by atoms with Crippen LogP contribution >= 0.6 is 0 Å². The lowest BCUT2D eigenvalue weighted by Gasteiger charge is -2.37. The Bertz CT molecular complexity index is 1190. The molecule has 3 aliphatic rings. The van der Waals surface area contributed by atoms with Gasteiger partial charge in [0.15, 0.2) is 17.3 Å². The number of methoxy groups -OCH3 is 1. The third kappa shape index (κ3) is 3.89. The average Bonchev–Trinajstić information content (AvgIpc) is 3.44. The van der Waals surface area contributed by atoms with Gasteiger partial charge in [0.05, 0.1) is 18.7 Å². The maximum absolute atomic E-state index is 13.2. The first-order valence-electron chi connectivity index (χ1n) is 11.3. The molecule has 0 saturated carbocycles. The van der Waals surface area contributed by atoms with Gasteiger partial charge in [-0.05, 0) is 55.0 Å². The third-order valence-corrected chi connectivity index (χ3v) is 6.76. The largest absolute Gasteiger partial charge is 0.466 e. The molecule has 5 rings (SSSR count). The molecule has 0 aromatic heterocycles. The Labute approximate surface area is 197 Å². The minimum atomic E-state index is -0.426. The lowest BCUT2D eigenvalue weighted by Crippen LogP contribution is -2.50. The van der Waals surface area contributed by atoms with Crippen LogP contribution in [-0.2, 0) is 16.1 Å². The number of rotatable bonds is 5. The average molecular weight is 463 g/mol. The minimum Gasteiger partial charge on any atom is -0.466 e. The van der Waals surface area contributed by atoms with Crippen LogP contribution < -0.4 is 14.8 Å². The van der Waals surface area contributed by atoms with Gasteiger partial charge in [0, 0.05) is 18.2 Å². The molecule has 2 amide bonds. The number of hydrogen-bond donors (Lipinski definition) is 1. The number of amides is 2. The summed E-state index contributed by atoms with van der Waals surface area (Å²) < 4.78 is 15.9. The van der Waals surface area contributed by atoms with Crippen molar-refractivity contribution in [1.29, 1.82) is 0 Å². The van der Waals surface area contributed by atoms with Crippen LogP contribution in [0, 0.1) is 0 Å². The van der Waals surface area contributed by atoms with E-state index in [0.717, 1.165) is 23.1 Å². The molecule has 0 aliphatic carbocycles. The molecule has 2 aromatic rings. The Hall–Kier alpha value is -3.81. The Balaban J connectivity index is 1.38. The van der Waals surface area contributed by atoms with Gasteiger partial charge in [0.2, 0.25) is 6.79 Å². The zero-order chi connectivity index (χ0) is 23.8. The molecule has 8 heteroatoms. The number of esters is 1. The number of ketones is 1. The van der Waals surface area contributed by atoms with E-state index < -0.39 is 5.97 Å². The monoisotopic (exact) mass is 462 g/mol. The summed E-state index contributed by atoms with van der Waals surface area (Å²) in [4.78, 5) is 39.5. The van der Waals surface area contributed by atoms with E-state index in [0.29, 0.717) is 42.0 Å². The summed E-state index contributed by atoms with van der Waals surface area (Å²) in [6, 6.07) is 12.3. The van der Waals surface area contributed by atoms with Crippen LogP contribution in [0.25, 0.3) is 5.57 Å². The maximum atomic E-state index is 13.2. The van der Waals surface area contributed by atoms with Crippen LogP contribution in [-0.4, -0.2) is 48.7 Å².